The number of rotatable bonds is 3. The molecule has 27 heavy (non-hydrogen) atoms. The number of para-hydroxylation sites is 1. The zero-order valence-electron chi connectivity index (χ0n) is 15.3. The average Bonchev–Trinajstić information content (AvgIpc) is 2.97. The lowest BCUT2D eigenvalue weighted by Gasteiger charge is -2.25. The van der Waals surface area contributed by atoms with E-state index in [1.165, 1.54) is 16.5 Å². The van der Waals surface area contributed by atoms with Gasteiger partial charge < -0.3 is 4.90 Å². The van der Waals surface area contributed by atoms with E-state index in [0.29, 0.717) is 23.4 Å². The van der Waals surface area contributed by atoms with Crippen LogP contribution < -0.4 is 5.56 Å². The standard InChI is InChI=1S/C22H23N3O2/c26-21(15-25-16-23-20-12-5-4-11-19(20)22(25)27)24-13-7-6-10-18(14-24)17-8-2-1-3-9-17/h1-5,8-9,11-12,16,18H,6-7,10,13-15H2. The lowest BCUT2D eigenvalue weighted by atomic mass is 9.94. The van der Waals surface area contributed by atoms with Crippen molar-refractivity contribution in [3.63, 3.8) is 0 Å². The summed E-state index contributed by atoms with van der Waals surface area (Å²) in [6.45, 7) is 1.49. The summed E-state index contributed by atoms with van der Waals surface area (Å²) in [6, 6.07) is 17.6. The zero-order chi connectivity index (χ0) is 18.6. The number of nitrogens with zero attached hydrogens (tertiary/aromatic N) is 3. The summed E-state index contributed by atoms with van der Waals surface area (Å²) in [4.78, 5) is 31.8. The molecule has 1 aromatic heterocycles. The minimum atomic E-state index is -0.164. The molecule has 1 amide bonds. The summed E-state index contributed by atoms with van der Waals surface area (Å²) < 4.78 is 1.42. The van der Waals surface area contributed by atoms with Crippen molar-refractivity contribution in [2.75, 3.05) is 13.1 Å². The Balaban J connectivity index is 1.53. The number of likely N-dealkylation sites (tertiary alicyclic amines) is 1. The summed E-state index contributed by atoms with van der Waals surface area (Å²) in [7, 11) is 0. The molecule has 1 aliphatic heterocycles. The number of fused-ring (bicyclic) bond motifs is 1. The maximum absolute atomic E-state index is 12.9. The highest BCUT2D eigenvalue weighted by atomic mass is 16.2. The highest BCUT2D eigenvalue weighted by Crippen LogP contribution is 2.26. The van der Waals surface area contributed by atoms with Crippen LogP contribution in [0.5, 0.6) is 0 Å². The molecule has 5 heteroatoms. The van der Waals surface area contributed by atoms with E-state index in [4.69, 9.17) is 0 Å². The van der Waals surface area contributed by atoms with E-state index in [2.05, 4.69) is 17.1 Å². The SMILES string of the molecule is O=C(Cn1cnc2ccccc2c1=O)N1CCCCC(c2ccccc2)C1. The van der Waals surface area contributed by atoms with Gasteiger partial charge in [-0.05, 0) is 30.5 Å². The largest absolute Gasteiger partial charge is 0.341 e. The van der Waals surface area contributed by atoms with Gasteiger partial charge in [0.05, 0.1) is 17.2 Å². The Labute approximate surface area is 158 Å². The predicted octanol–water partition coefficient (Wildman–Crippen LogP) is 3.19. The second-order valence-electron chi connectivity index (χ2n) is 7.14. The van der Waals surface area contributed by atoms with Crippen LogP contribution in [0.1, 0.15) is 30.7 Å². The molecule has 138 valence electrons. The Morgan fingerprint density at radius 3 is 2.67 bits per heavy atom. The molecule has 0 spiro atoms. The third kappa shape index (κ3) is 3.77. The molecule has 1 atom stereocenters. The van der Waals surface area contributed by atoms with Crippen molar-refractivity contribution in [3.8, 4) is 0 Å². The third-order valence-electron chi connectivity index (χ3n) is 5.33. The van der Waals surface area contributed by atoms with Crippen molar-refractivity contribution in [1.29, 1.82) is 0 Å². The fourth-order valence-electron chi connectivity index (χ4n) is 3.83. The molecule has 5 nitrogen and oxygen atoms in total. The smallest absolute Gasteiger partial charge is 0.261 e. The Kier molecular flexibility index (Phi) is 5.01. The minimum Gasteiger partial charge on any atom is -0.341 e. The predicted molar refractivity (Wildman–Crippen MR) is 106 cm³/mol. The molecule has 4 rings (SSSR count). The molecule has 1 unspecified atom stereocenters. The topological polar surface area (TPSA) is 55.2 Å². The van der Waals surface area contributed by atoms with Gasteiger partial charge in [-0.25, -0.2) is 4.98 Å². The summed E-state index contributed by atoms with van der Waals surface area (Å²) in [5, 5.41) is 0.547. The van der Waals surface area contributed by atoms with E-state index >= 15 is 0 Å². The zero-order valence-corrected chi connectivity index (χ0v) is 15.3. The summed E-state index contributed by atoms with van der Waals surface area (Å²) in [6.07, 6.45) is 4.68. The second-order valence-corrected chi connectivity index (χ2v) is 7.14. The first-order valence-electron chi connectivity index (χ1n) is 9.49. The van der Waals surface area contributed by atoms with Crippen molar-refractivity contribution >= 4 is 16.8 Å². The first kappa shape index (κ1) is 17.5. The lowest BCUT2D eigenvalue weighted by molar-refractivity contribution is -0.132. The molecule has 2 aromatic carbocycles. The summed E-state index contributed by atoms with van der Waals surface area (Å²) >= 11 is 0. The van der Waals surface area contributed by atoms with Gasteiger partial charge in [-0.2, -0.15) is 0 Å². The second kappa shape index (κ2) is 7.74. The maximum Gasteiger partial charge on any atom is 0.261 e. The van der Waals surface area contributed by atoms with Gasteiger partial charge in [0, 0.05) is 19.0 Å². The van der Waals surface area contributed by atoms with Gasteiger partial charge in [0.25, 0.3) is 5.56 Å². The maximum atomic E-state index is 12.9. The van der Waals surface area contributed by atoms with Crippen LogP contribution in [0.4, 0.5) is 0 Å². The van der Waals surface area contributed by atoms with Crippen LogP contribution in [0.2, 0.25) is 0 Å². The molecular weight excluding hydrogens is 338 g/mol. The van der Waals surface area contributed by atoms with Gasteiger partial charge in [-0.15, -0.1) is 0 Å². The lowest BCUT2D eigenvalue weighted by Crippen LogP contribution is -2.38. The molecule has 1 fully saturated rings. The van der Waals surface area contributed by atoms with Crippen LogP contribution >= 0.6 is 0 Å². The van der Waals surface area contributed by atoms with Crippen molar-refractivity contribution in [2.45, 2.75) is 31.7 Å². The van der Waals surface area contributed by atoms with Gasteiger partial charge in [0.2, 0.25) is 5.91 Å². The monoisotopic (exact) mass is 361 g/mol. The number of carbonyl (C=O) groups is 1. The summed E-state index contributed by atoms with van der Waals surface area (Å²) in [5.41, 5.74) is 1.77. The van der Waals surface area contributed by atoms with Gasteiger partial charge in [-0.3, -0.25) is 14.2 Å². The first-order valence-corrected chi connectivity index (χ1v) is 9.49. The van der Waals surface area contributed by atoms with Crippen LogP contribution in [0.25, 0.3) is 10.9 Å². The van der Waals surface area contributed by atoms with Crippen molar-refractivity contribution in [3.05, 3.63) is 76.8 Å². The van der Waals surface area contributed by atoms with Gasteiger partial charge in [-0.1, -0.05) is 48.9 Å². The number of hydrogen-bond donors (Lipinski definition) is 0. The van der Waals surface area contributed by atoms with Crippen LogP contribution in [0.3, 0.4) is 0 Å². The summed E-state index contributed by atoms with van der Waals surface area (Å²) in [5.74, 6) is 0.334. The quantitative estimate of drug-likeness (QED) is 0.720. The number of hydrogen-bond acceptors (Lipinski definition) is 3. The van der Waals surface area contributed by atoms with Crippen molar-refractivity contribution in [1.82, 2.24) is 14.5 Å². The Morgan fingerprint density at radius 1 is 1.04 bits per heavy atom. The molecule has 1 aliphatic rings. The number of benzene rings is 2. The first-order chi connectivity index (χ1) is 13.2. The third-order valence-corrected chi connectivity index (χ3v) is 5.33. The molecule has 3 aromatic rings. The fraction of sp³-hybridized carbons (Fsp3) is 0.318. The Bertz CT molecular complexity index is 997. The molecule has 0 bridgehead atoms. The number of aromatic nitrogens is 2. The van der Waals surface area contributed by atoms with Crippen LogP contribution in [-0.2, 0) is 11.3 Å². The van der Waals surface area contributed by atoms with Gasteiger partial charge in [0.15, 0.2) is 0 Å². The molecule has 0 aliphatic carbocycles. The van der Waals surface area contributed by atoms with Crippen molar-refractivity contribution in [2.24, 2.45) is 0 Å². The minimum absolute atomic E-state index is 0.0167. The van der Waals surface area contributed by atoms with Crippen LogP contribution in [-0.4, -0.2) is 33.4 Å². The Hall–Kier alpha value is -2.95. The number of carbonyl (C=O) groups excluding carboxylic acids is 1. The molecule has 0 saturated carbocycles. The van der Waals surface area contributed by atoms with Crippen LogP contribution in [0, 0.1) is 0 Å². The highest BCUT2D eigenvalue weighted by Gasteiger charge is 2.23. The average molecular weight is 361 g/mol. The van der Waals surface area contributed by atoms with E-state index in [9.17, 15) is 9.59 Å². The van der Waals surface area contributed by atoms with E-state index < -0.39 is 0 Å². The molecule has 2 heterocycles. The van der Waals surface area contributed by atoms with Gasteiger partial charge >= 0.3 is 0 Å². The normalized spacial score (nSPS) is 17.6. The van der Waals surface area contributed by atoms with E-state index in [1.54, 1.807) is 6.07 Å². The van der Waals surface area contributed by atoms with E-state index in [1.807, 2.05) is 41.3 Å². The molecule has 0 N–H and O–H groups in total. The highest BCUT2D eigenvalue weighted by molar-refractivity contribution is 5.79. The fourth-order valence-corrected chi connectivity index (χ4v) is 3.83. The van der Waals surface area contributed by atoms with Crippen LogP contribution in [0.15, 0.2) is 65.7 Å². The Morgan fingerprint density at radius 2 is 1.81 bits per heavy atom. The van der Waals surface area contributed by atoms with E-state index in [-0.39, 0.29) is 18.0 Å². The van der Waals surface area contributed by atoms with Gasteiger partial charge in [0.1, 0.15) is 6.54 Å². The number of amides is 1. The molecular formula is C22H23N3O2. The van der Waals surface area contributed by atoms with E-state index in [0.717, 1.165) is 25.8 Å². The molecule has 0 radical (unpaired) electrons. The molecule has 1 saturated heterocycles. The van der Waals surface area contributed by atoms with Crippen molar-refractivity contribution < 1.29 is 4.79 Å².